The molecule has 0 atom stereocenters. The van der Waals surface area contributed by atoms with Crippen LogP contribution in [0.15, 0.2) is 16.8 Å². The van der Waals surface area contributed by atoms with E-state index in [9.17, 15) is 9.59 Å². The van der Waals surface area contributed by atoms with Crippen LogP contribution in [0.5, 0.6) is 0 Å². The van der Waals surface area contributed by atoms with Gasteiger partial charge in [0, 0.05) is 24.9 Å². The third-order valence-electron chi connectivity index (χ3n) is 2.64. The zero-order valence-corrected chi connectivity index (χ0v) is 12.4. The number of hydrogen-bond donors (Lipinski definition) is 3. The van der Waals surface area contributed by atoms with Crippen LogP contribution in [0, 0.1) is 11.3 Å². The number of carboxylic acids is 1. The number of carbonyl (C=O) groups excluding carboxylic acids is 1. The fourth-order valence-electron chi connectivity index (χ4n) is 1.58. The van der Waals surface area contributed by atoms with Crippen molar-refractivity contribution in [2.24, 2.45) is 4.99 Å². The van der Waals surface area contributed by atoms with Crippen LogP contribution in [0.3, 0.4) is 0 Å². The zero-order chi connectivity index (χ0) is 15.5. The standard InChI is InChI=1S/C13H18N4O3S/c14-8-10(9-17-13-16-6-7-21-13)12(20)15-5-3-1-2-4-11(18)19/h9H,1-7H2,(H,15,20)(H,16,17)(H,18,19)/b10-9-. The van der Waals surface area contributed by atoms with Crippen LogP contribution in [0.4, 0.5) is 0 Å². The van der Waals surface area contributed by atoms with Gasteiger partial charge < -0.3 is 15.7 Å². The Morgan fingerprint density at radius 1 is 1.43 bits per heavy atom. The van der Waals surface area contributed by atoms with Gasteiger partial charge in [-0.05, 0) is 12.8 Å². The summed E-state index contributed by atoms with van der Waals surface area (Å²) in [5, 5.41) is 23.6. The van der Waals surface area contributed by atoms with Crippen LogP contribution in [-0.2, 0) is 9.59 Å². The second-order valence-electron chi connectivity index (χ2n) is 4.31. The van der Waals surface area contributed by atoms with Gasteiger partial charge >= 0.3 is 5.97 Å². The number of thioether (sulfide) groups is 1. The number of nitriles is 1. The molecule has 1 aliphatic rings. The maximum absolute atomic E-state index is 11.7. The Bertz CT molecular complexity index is 482. The monoisotopic (exact) mass is 310 g/mol. The largest absolute Gasteiger partial charge is 0.481 e. The van der Waals surface area contributed by atoms with Crippen LogP contribution in [0.1, 0.15) is 25.7 Å². The number of amides is 1. The van der Waals surface area contributed by atoms with Gasteiger partial charge in [0.25, 0.3) is 5.91 Å². The molecule has 0 bridgehead atoms. The summed E-state index contributed by atoms with van der Waals surface area (Å²) in [6.45, 7) is 1.17. The minimum atomic E-state index is -0.812. The Balaban J connectivity index is 2.23. The number of aliphatic imine (C=N–C) groups is 1. The lowest BCUT2D eigenvalue weighted by molar-refractivity contribution is -0.137. The number of nitrogens with one attached hydrogen (secondary N) is 2. The minimum absolute atomic E-state index is 0.00395. The molecule has 114 valence electrons. The number of rotatable bonds is 8. The average Bonchev–Trinajstić information content (AvgIpc) is 2.96. The molecule has 1 aliphatic heterocycles. The molecule has 1 amide bonds. The normalized spacial score (nSPS) is 14.2. The Hall–Kier alpha value is -2.01. The molecule has 7 nitrogen and oxygen atoms in total. The highest BCUT2D eigenvalue weighted by molar-refractivity contribution is 8.14. The summed E-state index contributed by atoms with van der Waals surface area (Å²) in [5.74, 6) is -0.347. The Kier molecular flexibility index (Phi) is 7.97. The summed E-state index contributed by atoms with van der Waals surface area (Å²) in [5.41, 5.74) is -0.00395. The van der Waals surface area contributed by atoms with E-state index in [0.717, 1.165) is 18.7 Å². The molecule has 0 saturated carbocycles. The third-order valence-corrected chi connectivity index (χ3v) is 3.55. The van der Waals surface area contributed by atoms with Crippen LogP contribution in [0.2, 0.25) is 0 Å². The highest BCUT2D eigenvalue weighted by Crippen LogP contribution is 2.09. The molecular formula is C13H18N4O3S. The Morgan fingerprint density at radius 3 is 2.86 bits per heavy atom. The predicted molar refractivity (Wildman–Crippen MR) is 80.7 cm³/mol. The SMILES string of the molecule is N#C/C(=C/NC1=NCCS1)C(=O)NCCCCCC(=O)O. The first-order chi connectivity index (χ1) is 10.1. The van der Waals surface area contributed by atoms with Gasteiger partial charge in [0.1, 0.15) is 11.6 Å². The molecule has 1 rings (SSSR count). The molecule has 8 heteroatoms. The molecule has 1 heterocycles. The maximum Gasteiger partial charge on any atom is 0.303 e. The third kappa shape index (κ3) is 7.37. The minimum Gasteiger partial charge on any atom is -0.481 e. The molecule has 0 aliphatic carbocycles. The lowest BCUT2D eigenvalue weighted by atomic mass is 10.2. The first-order valence-corrected chi connectivity index (χ1v) is 7.66. The molecular weight excluding hydrogens is 292 g/mol. The Morgan fingerprint density at radius 2 is 2.24 bits per heavy atom. The van der Waals surface area contributed by atoms with E-state index in [-0.39, 0.29) is 12.0 Å². The van der Waals surface area contributed by atoms with E-state index in [4.69, 9.17) is 10.4 Å². The van der Waals surface area contributed by atoms with Crippen molar-refractivity contribution in [2.75, 3.05) is 18.8 Å². The second kappa shape index (κ2) is 9.83. The van der Waals surface area contributed by atoms with E-state index in [2.05, 4.69) is 15.6 Å². The van der Waals surface area contributed by atoms with E-state index >= 15 is 0 Å². The van der Waals surface area contributed by atoms with Crippen molar-refractivity contribution in [3.63, 3.8) is 0 Å². The molecule has 0 fully saturated rings. The summed E-state index contributed by atoms with van der Waals surface area (Å²) in [6.07, 6.45) is 3.50. The second-order valence-corrected chi connectivity index (χ2v) is 5.39. The molecule has 0 spiro atoms. The van der Waals surface area contributed by atoms with Gasteiger partial charge in [0.2, 0.25) is 0 Å². The summed E-state index contributed by atoms with van der Waals surface area (Å²) in [4.78, 5) is 26.2. The van der Waals surface area contributed by atoms with Crippen molar-refractivity contribution in [3.05, 3.63) is 11.8 Å². The topological polar surface area (TPSA) is 115 Å². The van der Waals surface area contributed by atoms with Crippen molar-refractivity contribution in [1.82, 2.24) is 10.6 Å². The highest BCUT2D eigenvalue weighted by atomic mass is 32.2. The summed E-state index contributed by atoms with van der Waals surface area (Å²) < 4.78 is 0. The molecule has 0 aromatic carbocycles. The van der Waals surface area contributed by atoms with Crippen LogP contribution in [0.25, 0.3) is 0 Å². The van der Waals surface area contributed by atoms with Gasteiger partial charge in [-0.1, -0.05) is 18.2 Å². The van der Waals surface area contributed by atoms with E-state index in [1.807, 2.05) is 6.07 Å². The number of unbranched alkanes of at least 4 members (excludes halogenated alkanes) is 2. The predicted octanol–water partition coefficient (Wildman–Crippen LogP) is 0.847. The van der Waals surface area contributed by atoms with Gasteiger partial charge in [0.05, 0.1) is 6.54 Å². The summed E-state index contributed by atoms with van der Waals surface area (Å²) in [7, 11) is 0. The number of aliphatic carboxylic acids is 1. The van der Waals surface area contributed by atoms with E-state index in [0.29, 0.717) is 24.6 Å². The number of nitrogens with zero attached hydrogens (tertiary/aromatic N) is 2. The average molecular weight is 310 g/mol. The first-order valence-electron chi connectivity index (χ1n) is 6.67. The van der Waals surface area contributed by atoms with Gasteiger partial charge in [-0.25, -0.2) is 0 Å². The maximum atomic E-state index is 11.7. The number of amidine groups is 1. The molecule has 0 aromatic rings. The zero-order valence-electron chi connectivity index (χ0n) is 11.6. The Labute approximate surface area is 127 Å². The molecule has 0 aromatic heterocycles. The number of carbonyl (C=O) groups is 2. The molecule has 0 saturated heterocycles. The van der Waals surface area contributed by atoms with Gasteiger partial charge in [-0.2, -0.15) is 5.26 Å². The van der Waals surface area contributed by atoms with Gasteiger partial charge in [-0.3, -0.25) is 14.6 Å². The van der Waals surface area contributed by atoms with Crippen LogP contribution >= 0.6 is 11.8 Å². The van der Waals surface area contributed by atoms with E-state index < -0.39 is 11.9 Å². The highest BCUT2D eigenvalue weighted by Gasteiger charge is 2.10. The summed E-state index contributed by atoms with van der Waals surface area (Å²) >= 11 is 1.54. The fraction of sp³-hybridized carbons (Fsp3) is 0.538. The fourth-order valence-corrected chi connectivity index (χ4v) is 2.28. The quantitative estimate of drug-likeness (QED) is 0.348. The lowest BCUT2D eigenvalue weighted by Gasteiger charge is -2.04. The van der Waals surface area contributed by atoms with Crippen molar-refractivity contribution < 1.29 is 14.7 Å². The van der Waals surface area contributed by atoms with Crippen molar-refractivity contribution in [1.29, 1.82) is 5.26 Å². The van der Waals surface area contributed by atoms with Gasteiger partial charge in [0.15, 0.2) is 5.17 Å². The lowest BCUT2D eigenvalue weighted by Crippen LogP contribution is -2.27. The molecule has 0 radical (unpaired) electrons. The van der Waals surface area contributed by atoms with Crippen LogP contribution in [-0.4, -0.2) is 41.0 Å². The van der Waals surface area contributed by atoms with Crippen LogP contribution < -0.4 is 10.6 Å². The number of carboxylic acid groups (broad SMARTS) is 1. The van der Waals surface area contributed by atoms with E-state index in [1.54, 1.807) is 11.8 Å². The molecule has 3 N–H and O–H groups in total. The first kappa shape index (κ1) is 17.0. The van der Waals surface area contributed by atoms with Crippen molar-refractivity contribution in [2.45, 2.75) is 25.7 Å². The van der Waals surface area contributed by atoms with Crippen molar-refractivity contribution in [3.8, 4) is 6.07 Å². The smallest absolute Gasteiger partial charge is 0.303 e. The molecule has 0 unspecified atom stereocenters. The van der Waals surface area contributed by atoms with Gasteiger partial charge in [-0.15, -0.1) is 0 Å². The van der Waals surface area contributed by atoms with Crippen molar-refractivity contribution >= 4 is 28.8 Å². The summed E-state index contributed by atoms with van der Waals surface area (Å²) in [6, 6.07) is 1.84. The molecule has 21 heavy (non-hydrogen) atoms. The van der Waals surface area contributed by atoms with E-state index in [1.165, 1.54) is 6.20 Å². The number of hydrogen-bond acceptors (Lipinski definition) is 6.